The predicted molar refractivity (Wildman–Crippen MR) is 82.8 cm³/mol. The summed E-state index contributed by atoms with van der Waals surface area (Å²) in [5, 5.41) is 0. The van der Waals surface area contributed by atoms with E-state index in [0.29, 0.717) is 18.8 Å². The summed E-state index contributed by atoms with van der Waals surface area (Å²) in [6.07, 6.45) is 0. The second-order valence-corrected chi connectivity index (χ2v) is 7.64. The van der Waals surface area contributed by atoms with E-state index >= 15 is 0 Å². The molecule has 0 aromatic heterocycles. The summed E-state index contributed by atoms with van der Waals surface area (Å²) >= 11 is 0. The molecule has 0 aliphatic carbocycles. The van der Waals surface area contributed by atoms with E-state index in [1.807, 2.05) is 14.1 Å². The van der Waals surface area contributed by atoms with Crippen molar-refractivity contribution in [2.45, 2.75) is 17.9 Å². The molecular weight excluding hydrogens is 290 g/mol. The number of hydrogen-bond acceptors (Lipinski definition) is 5. The minimum Gasteiger partial charge on any atom is -0.497 e. The molecule has 0 bridgehead atoms. The molecule has 21 heavy (non-hydrogen) atoms. The summed E-state index contributed by atoms with van der Waals surface area (Å²) in [6, 6.07) is 4.89. The maximum atomic E-state index is 12.8. The van der Waals surface area contributed by atoms with Crippen LogP contribution in [0.15, 0.2) is 23.1 Å². The van der Waals surface area contributed by atoms with Gasteiger partial charge in [0.25, 0.3) is 0 Å². The lowest BCUT2D eigenvalue weighted by molar-refractivity contribution is 0.263. The molecule has 1 aromatic rings. The Morgan fingerprint density at radius 3 is 2.48 bits per heavy atom. The fourth-order valence-electron chi connectivity index (χ4n) is 2.80. The van der Waals surface area contributed by atoms with Gasteiger partial charge in [-0.1, -0.05) is 6.92 Å². The van der Waals surface area contributed by atoms with E-state index in [4.69, 9.17) is 10.5 Å². The highest BCUT2D eigenvalue weighted by Gasteiger charge is 2.38. The van der Waals surface area contributed by atoms with Gasteiger partial charge in [0.05, 0.1) is 12.8 Å². The van der Waals surface area contributed by atoms with Crippen LogP contribution in [0.5, 0.6) is 5.75 Å². The maximum absolute atomic E-state index is 12.8. The molecule has 118 valence electrons. The molecule has 1 saturated heterocycles. The zero-order valence-corrected chi connectivity index (χ0v) is 13.7. The Labute approximate surface area is 126 Å². The lowest BCUT2D eigenvalue weighted by Crippen LogP contribution is -2.35. The number of methoxy groups -OCH3 is 1. The van der Waals surface area contributed by atoms with Crippen molar-refractivity contribution in [2.75, 3.05) is 40.0 Å². The Morgan fingerprint density at radius 2 is 2.00 bits per heavy atom. The van der Waals surface area contributed by atoms with Crippen LogP contribution in [0.2, 0.25) is 0 Å². The summed E-state index contributed by atoms with van der Waals surface area (Å²) in [7, 11) is 1.90. The van der Waals surface area contributed by atoms with Crippen molar-refractivity contribution in [1.29, 1.82) is 0 Å². The number of likely N-dealkylation sites (N-methyl/N-ethyl adjacent to an activating group) is 1. The number of rotatable bonds is 4. The second-order valence-electron chi connectivity index (χ2n) is 5.73. The molecule has 2 N–H and O–H groups in total. The van der Waals surface area contributed by atoms with Gasteiger partial charge in [-0.25, -0.2) is 8.42 Å². The summed E-state index contributed by atoms with van der Waals surface area (Å²) in [6.45, 7) is 3.07. The molecule has 0 saturated carbocycles. The van der Waals surface area contributed by atoms with Crippen molar-refractivity contribution in [3.05, 3.63) is 18.2 Å². The van der Waals surface area contributed by atoms with Gasteiger partial charge in [-0.2, -0.15) is 4.31 Å². The smallest absolute Gasteiger partial charge is 0.245 e. The molecule has 0 amide bonds. The van der Waals surface area contributed by atoms with Gasteiger partial charge < -0.3 is 15.4 Å². The van der Waals surface area contributed by atoms with Crippen LogP contribution in [-0.2, 0) is 10.0 Å². The number of benzene rings is 1. The van der Waals surface area contributed by atoms with E-state index in [1.54, 1.807) is 6.07 Å². The molecule has 1 heterocycles. The Hall–Kier alpha value is -1.31. The summed E-state index contributed by atoms with van der Waals surface area (Å²) in [4.78, 5) is 2.22. The molecule has 1 aliphatic heterocycles. The number of hydrogen-bond donors (Lipinski definition) is 1. The van der Waals surface area contributed by atoms with Gasteiger partial charge in [-0.05, 0) is 32.1 Å². The quantitative estimate of drug-likeness (QED) is 0.834. The van der Waals surface area contributed by atoms with Gasteiger partial charge in [0.1, 0.15) is 10.6 Å². The normalized spacial score (nSPS) is 23.7. The van der Waals surface area contributed by atoms with Crippen molar-refractivity contribution >= 4 is 15.7 Å². The molecule has 0 spiro atoms. The average molecular weight is 313 g/mol. The molecule has 1 fully saturated rings. The zero-order valence-electron chi connectivity index (χ0n) is 12.9. The zero-order chi connectivity index (χ0) is 15.8. The van der Waals surface area contributed by atoms with E-state index in [-0.39, 0.29) is 22.5 Å². The number of ether oxygens (including phenoxy) is 1. The van der Waals surface area contributed by atoms with Gasteiger partial charge in [0.15, 0.2) is 0 Å². The van der Waals surface area contributed by atoms with E-state index in [1.165, 1.54) is 23.5 Å². The lowest BCUT2D eigenvalue weighted by atomic mass is 10.1. The summed E-state index contributed by atoms with van der Waals surface area (Å²) in [5.74, 6) is 0.835. The summed E-state index contributed by atoms with van der Waals surface area (Å²) < 4.78 is 32.1. The van der Waals surface area contributed by atoms with Crippen molar-refractivity contribution in [3.63, 3.8) is 0 Å². The third kappa shape index (κ3) is 3.00. The van der Waals surface area contributed by atoms with Crippen molar-refractivity contribution in [2.24, 2.45) is 5.92 Å². The number of nitrogen functional groups attached to an aromatic ring is 1. The Balaban J connectivity index is 2.31. The second kappa shape index (κ2) is 5.82. The number of sulfonamides is 1. The van der Waals surface area contributed by atoms with Crippen molar-refractivity contribution in [1.82, 2.24) is 9.21 Å². The van der Waals surface area contributed by atoms with Gasteiger partial charge in [0.2, 0.25) is 10.0 Å². The first-order chi connectivity index (χ1) is 9.77. The Bertz CT molecular complexity index is 616. The van der Waals surface area contributed by atoms with Crippen LogP contribution < -0.4 is 10.5 Å². The van der Waals surface area contributed by atoms with Gasteiger partial charge in [-0.15, -0.1) is 0 Å². The minimum atomic E-state index is -3.57. The highest BCUT2D eigenvalue weighted by Crippen LogP contribution is 2.30. The van der Waals surface area contributed by atoms with E-state index in [0.717, 1.165) is 0 Å². The first kappa shape index (κ1) is 16.1. The maximum Gasteiger partial charge on any atom is 0.245 e. The molecule has 6 nitrogen and oxygen atoms in total. The van der Waals surface area contributed by atoms with Crippen molar-refractivity contribution < 1.29 is 13.2 Å². The van der Waals surface area contributed by atoms with Crippen LogP contribution in [0.3, 0.4) is 0 Å². The molecule has 0 radical (unpaired) electrons. The highest BCUT2D eigenvalue weighted by atomic mass is 32.2. The first-order valence-electron chi connectivity index (χ1n) is 6.87. The fraction of sp³-hybridized carbons (Fsp3) is 0.571. The van der Waals surface area contributed by atoms with Gasteiger partial charge >= 0.3 is 0 Å². The minimum absolute atomic E-state index is 0.148. The summed E-state index contributed by atoms with van der Waals surface area (Å²) in [5.41, 5.74) is 6.10. The van der Waals surface area contributed by atoms with Crippen molar-refractivity contribution in [3.8, 4) is 5.75 Å². The molecule has 7 heteroatoms. The fourth-order valence-corrected chi connectivity index (χ4v) is 4.46. The standard InChI is InChI=1S/C14H23N3O3S/c1-10-8-17(9-13(10)16(2)3)21(18,19)14-6-5-11(20-4)7-12(14)15/h5-7,10,13H,8-9,15H2,1-4H3. The number of anilines is 1. The third-order valence-corrected chi connectivity index (χ3v) is 5.94. The third-order valence-electron chi connectivity index (χ3n) is 4.04. The lowest BCUT2D eigenvalue weighted by Gasteiger charge is -2.22. The van der Waals surface area contributed by atoms with E-state index in [9.17, 15) is 8.42 Å². The SMILES string of the molecule is COc1ccc(S(=O)(=O)N2CC(C)C(N(C)C)C2)c(N)c1. The van der Waals surface area contributed by atoms with Gasteiger partial charge in [0, 0.05) is 25.2 Å². The number of nitrogens with two attached hydrogens (primary N) is 1. The highest BCUT2D eigenvalue weighted by molar-refractivity contribution is 7.89. The van der Waals surface area contributed by atoms with Crippen LogP contribution in [0.4, 0.5) is 5.69 Å². The average Bonchev–Trinajstić information content (AvgIpc) is 2.81. The molecule has 2 unspecified atom stereocenters. The molecule has 2 rings (SSSR count). The monoisotopic (exact) mass is 313 g/mol. The van der Waals surface area contributed by atoms with Crippen LogP contribution in [-0.4, -0.2) is 58.0 Å². The topological polar surface area (TPSA) is 75.9 Å². The van der Waals surface area contributed by atoms with E-state index < -0.39 is 10.0 Å². The van der Waals surface area contributed by atoms with Crippen LogP contribution in [0.25, 0.3) is 0 Å². The molecule has 1 aliphatic rings. The van der Waals surface area contributed by atoms with E-state index in [2.05, 4.69) is 11.8 Å². The first-order valence-corrected chi connectivity index (χ1v) is 8.31. The predicted octanol–water partition coefficient (Wildman–Crippen LogP) is 0.848. The van der Waals surface area contributed by atoms with Crippen LogP contribution >= 0.6 is 0 Å². The number of nitrogens with zero attached hydrogens (tertiary/aromatic N) is 2. The molecule has 2 atom stereocenters. The Morgan fingerprint density at radius 1 is 1.33 bits per heavy atom. The largest absolute Gasteiger partial charge is 0.497 e. The van der Waals surface area contributed by atoms with Crippen LogP contribution in [0, 0.1) is 5.92 Å². The van der Waals surface area contributed by atoms with Crippen LogP contribution in [0.1, 0.15) is 6.92 Å². The molecule has 1 aromatic carbocycles. The Kier molecular flexibility index (Phi) is 4.46. The van der Waals surface area contributed by atoms with Gasteiger partial charge in [-0.3, -0.25) is 0 Å². The molecular formula is C14H23N3O3S.